The van der Waals surface area contributed by atoms with Gasteiger partial charge in [-0.1, -0.05) is 42.5 Å². The highest BCUT2D eigenvalue weighted by Crippen LogP contribution is 2.22. The molecular weight excluding hydrogens is 348 g/mol. The molecule has 0 aliphatic heterocycles. The molecule has 2 aromatic carbocycles. The minimum absolute atomic E-state index is 0.0540. The van der Waals surface area contributed by atoms with E-state index in [1.54, 1.807) is 18.2 Å². The van der Waals surface area contributed by atoms with Gasteiger partial charge in [0.15, 0.2) is 6.61 Å². The molecular formula is C21H18O6. The molecule has 0 atom stereocenters. The highest BCUT2D eigenvalue weighted by molar-refractivity contribution is 5.86. The number of benzene rings is 2. The molecule has 0 aliphatic carbocycles. The molecule has 138 valence electrons. The molecule has 6 heteroatoms. The standard InChI is InChI=1S/C21H18O6/c1-24-21(23)19-12-11-18(27-19)13-26-20(22)14-25-17-9-7-16(8-10-17)15-5-3-2-4-6-15/h2-12H,13-14H2,1H3. The number of hydrogen-bond acceptors (Lipinski definition) is 6. The maximum atomic E-state index is 11.8. The lowest BCUT2D eigenvalue weighted by Crippen LogP contribution is -2.14. The molecule has 0 fully saturated rings. The normalized spacial score (nSPS) is 10.3. The molecule has 0 N–H and O–H groups in total. The first kappa shape index (κ1) is 18.3. The van der Waals surface area contributed by atoms with Crippen LogP contribution in [0.3, 0.4) is 0 Å². The zero-order chi connectivity index (χ0) is 19.1. The topological polar surface area (TPSA) is 75.0 Å². The van der Waals surface area contributed by atoms with Gasteiger partial charge in [-0.25, -0.2) is 9.59 Å². The van der Waals surface area contributed by atoms with E-state index < -0.39 is 11.9 Å². The van der Waals surface area contributed by atoms with Gasteiger partial charge in [-0.3, -0.25) is 0 Å². The fourth-order valence-electron chi connectivity index (χ4n) is 2.38. The van der Waals surface area contributed by atoms with Gasteiger partial charge in [0.2, 0.25) is 5.76 Å². The molecule has 0 radical (unpaired) electrons. The molecule has 3 aromatic rings. The zero-order valence-corrected chi connectivity index (χ0v) is 14.7. The van der Waals surface area contributed by atoms with E-state index in [0.29, 0.717) is 11.5 Å². The Hall–Kier alpha value is -3.54. The molecule has 0 amide bonds. The SMILES string of the molecule is COC(=O)c1ccc(COC(=O)COc2ccc(-c3ccccc3)cc2)o1. The second-order valence-electron chi connectivity index (χ2n) is 5.60. The molecule has 0 spiro atoms. The van der Waals surface area contributed by atoms with Crippen molar-refractivity contribution in [1.82, 2.24) is 0 Å². The van der Waals surface area contributed by atoms with Gasteiger partial charge >= 0.3 is 11.9 Å². The predicted octanol–water partition coefficient (Wildman–Crippen LogP) is 3.86. The van der Waals surface area contributed by atoms with E-state index in [4.69, 9.17) is 13.9 Å². The molecule has 6 nitrogen and oxygen atoms in total. The number of carbonyl (C=O) groups is 2. The summed E-state index contributed by atoms with van der Waals surface area (Å²) in [4.78, 5) is 23.1. The van der Waals surface area contributed by atoms with E-state index in [1.807, 2.05) is 42.5 Å². The van der Waals surface area contributed by atoms with Crippen LogP contribution in [0.25, 0.3) is 11.1 Å². The Bertz CT molecular complexity index is 896. The summed E-state index contributed by atoms with van der Waals surface area (Å²) >= 11 is 0. The van der Waals surface area contributed by atoms with Gasteiger partial charge in [0.1, 0.15) is 18.1 Å². The third-order valence-electron chi connectivity index (χ3n) is 3.74. The minimum Gasteiger partial charge on any atom is -0.482 e. The molecule has 1 aromatic heterocycles. The molecule has 1 heterocycles. The lowest BCUT2D eigenvalue weighted by atomic mass is 10.1. The van der Waals surface area contributed by atoms with Crippen molar-refractivity contribution >= 4 is 11.9 Å². The van der Waals surface area contributed by atoms with Crippen LogP contribution >= 0.6 is 0 Å². The summed E-state index contributed by atoms with van der Waals surface area (Å²) in [7, 11) is 1.26. The van der Waals surface area contributed by atoms with Gasteiger partial charge in [-0.05, 0) is 35.4 Å². The maximum absolute atomic E-state index is 11.8. The third-order valence-corrected chi connectivity index (χ3v) is 3.74. The quantitative estimate of drug-likeness (QED) is 0.591. The molecule has 0 saturated heterocycles. The fourth-order valence-corrected chi connectivity index (χ4v) is 2.38. The second kappa shape index (κ2) is 8.71. The Balaban J connectivity index is 1.46. The number of carbonyl (C=O) groups excluding carboxylic acids is 2. The summed E-state index contributed by atoms with van der Waals surface area (Å²) in [5.41, 5.74) is 2.16. The van der Waals surface area contributed by atoms with E-state index in [0.717, 1.165) is 11.1 Å². The first-order chi connectivity index (χ1) is 13.2. The molecule has 0 saturated carbocycles. The zero-order valence-electron chi connectivity index (χ0n) is 14.7. The first-order valence-corrected chi connectivity index (χ1v) is 8.26. The van der Waals surface area contributed by atoms with Gasteiger partial charge in [0.25, 0.3) is 0 Å². The molecule has 0 aliphatic rings. The molecule has 3 rings (SSSR count). The van der Waals surface area contributed by atoms with Crippen molar-refractivity contribution in [3.63, 3.8) is 0 Å². The van der Waals surface area contributed by atoms with Crippen LogP contribution in [0.5, 0.6) is 5.75 Å². The van der Waals surface area contributed by atoms with Crippen LogP contribution in [0.4, 0.5) is 0 Å². The van der Waals surface area contributed by atoms with Crippen LogP contribution in [-0.2, 0) is 20.9 Å². The van der Waals surface area contributed by atoms with Crippen LogP contribution in [-0.4, -0.2) is 25.7 Å². The van der Waals surface area contributed by atoms with Crippen LogP contribution in [0.15, 0.2) is 71.1 Å². The number of furan rings is 1. The van der Waals surface area contributed by atoms with Crippen molar-refractivity contribution in [3.8, 4) is 16.9 Å². The van der Waals surface area contributed by atoms with Crippen molar-refractivity contribution in [2.75, 3.05) is 13.7 Å². The van der Waals surface area contributed by atoms with Crippen LogP contribution in [0.1, 0.15) is 16.3 Å². The summed E-state index contributed by atoms with van der Waals surface area (Å²) in [5, 5.41) is 0. The Morgan fingerprint density at radius 3 is 2.30 bits per heavy atom. The second-order valence-corrected chi connectivity index (χ2v) is 5.60. The van der Waals surface area contributed by atoms with Gasteiger partial charge in [0.05, 0.1) is 7.11 Å². The lowest BCUT2D eigenvalue weighted by Gasteiger charge is -2.07. The van der Waals surface area contributed by atoms with E-state index in [-0.39, 0.29) is 19.0 Å². The highest BCUT2D eigenvalue weighted by Gasteiger charge is 2.12. The van der Waals surface area contributed by atoms with E-state index in [1.165, 1.54) is 13.2 Å². The van der Waals surface area contributed by atoms with E-state index in [9.17, 15) is 9.59 Å². The average molecular weight is 366 g/mol. The number of esters is 2. The lowest BCUT2D eigenvalue weighted by molar-refractivity contribution is -0.147. The molecule has 27 heavy (non-hydrogen) atoms. The van der Waals surface area contributed by atoms with E-state index >= 15 is 0 Å². The van der Waals surface area contributed by atoms with Crippen molar-refractivity contribution in [2.45, 2.75) is 6.61 Å². The van der Waals surface area contributed by atoms with Crippen molar-refractivity contribution < 1.29 is 28.2 Å². The van der Waals surface area contributed by atoms with Gasteiger partial charge in [-0.2, -0.15) is 0 Å². The number of hydrogen-bond donors (Lipinski definition) is 0. The van der Waals surface area contributed by atoms with Crippen molar-refractivity contribution in [3.05, 3.63) is 78.3 Å². The Labute approximate surface area is 156 Å². The van der Waals surface area contributed by atoms with Gasteiger partial charge in [0, 0.05) is 0 Å². The summed E-state index contributed by atoms with van der Waals surface area (Å²) < 4.78 is 20.2. The summed E-state index contributed by atoms with van der Waals surface area (Å²) in [6.45, 7) is -0.318. The predicted molar refractivity (Wildman–Crippen MR) is 97.2 cm³/mol. The van der Waals surface area contributed by atoms with Gasteiger partial charge < -0.3 is 18.6 Å². The monoisotopic (exact) mass is 366 g/mol. The number of methoxy groups -OCH3 is 1. The minimum atomic E-state index is -0.588. The first-order valence-electron chi connectivity index (χ1n) is 8.26. The third kappa shape index (κ3) is 4.98. The van der Waals surface area contributed by atoms with Crippen LogP contribution in [0, 0.1) is 0 Å². The molecule has 0 unspecified atom stereocenters. The van der Waals surface area contributed by atoms with Crippen molar-refractivity contribution in [2.24, 2.45) is 0 Å². The van der Waals surface area contributed by atoms with Crippen LogP contribution in [0.2, 0.25) is 0 Å². The number of ether oxygens (including phenoxy) is 3. The summed E-state index contributed by atoms with van der Waals surface area (Å²) in [5.74, 6) is -0.167. The Morgan fingerprint density at radius 1 is 0.889 bits per heavy atom. The van der Waals surface area contributed by atoms with Crippen molar-refractivity contribution in [1.29, 1.82) is 0 Å². The summed E-state index contributed by atoms with van der Waals surface area (Å²) in [6, 6.07) is 20.4. The summed E-state index contributed by atoms with van der Waals surface area (Å²) in [6.07, 6.45) is 0. The number of rotatable bonds is 7. The van der Waals surface area contributed by atoms with E-state index in [2.05, 4.69) is 4.74 Å². The van der Waals surface area contributed by atoms with Crippen LogP contribution < -0.4 is 4.74 Å². The molecule has 0 bridgehead atoms. The average Bonchev–Trinajstić information content (AvgIpc) is 3.20. The van der Waals surface area contributed by atoms with Gasteiger partial charge in [-0.15, -0.1) is 0 Å². The smallest absolute Gasteiger partial charge is 0.373 e. The largest absolute Gasteiger partial charge is 0.482 e. The fraction of sp³-hybridized carbons (Fsp3) is 0.143. The highest BCUT2D eigenvalue weighted by atomic mass is 16.6. The Kier molecular flexibility index (Phi) is 5.89. The maximum Gasteiger partial charge on any atom is 0.373 e. The Morgan fingerprint density at radius 2 is 1.59 bits per heavy atom.